The summed E-state index contributed by atoms with van der Waals surface area (Å²) >= 11 is 0. The number of nitrogens with zero attached hydrogens (tertiary/aromatic N) is 2. The fourth-order valence-electron chi connectivity index (χ4n) is 2.95. The Morgan fingerprint density at radius 2 is 2.08 bits per heavy atom. The molecule has 3 rings (SSSR count). The smallest absolute Gasteiger partial charge is 0.333 e. The molecule has 130 valence electrons. The van der Waals surface area contributed by atoms with Crippen molar-refractivity contribution in [1.82, 2.24) is 5.32 Å². The molecule has 0 radical (unpaired) electrons. The molecule has 7 nitrogen and oxygen atoms in total. The van der Waals surface area contributed by atoms with Crippen molar-refractivity contribution in [2.75, 3.05) is 6.61 Å². The summed E-state index contributed by atoms with van der Waals surface area (Å²) in [5.41, 5.74) is -1.26. The van der Waals surface area contributed by atoms with E-state index < -0.39 is 17.2 Å². The van der Waals surface area contributed by atoms with Gasteiger partial charge in [0.2, 0.25) is 5.91 Å². The number of benzene rings is 1. The molecule has 1 unspecified atom stereocenters. The number of carbonyl (C=O) groups excluding carboxylic acids is 1. The maximum atomic E-state index is 12.3. The van der Waals surface area contributed by atoms with Crippen molar-refractivity contribution in [1.29, 1.82) is 0 Å². The van der Waals surface area contributed by atoms with E-state index in [0.717, 1.165) is 5.56 Å². The van der Waals surface area contributed by atoms with Crippen LogP contribution in [0.2, 0.25) is 0 Å². The van der Waals surface area contributed by atoms with Gasteiger partial charge in [-0.1, -0.05) is 18.2 Å². The van der Waals surface area contributed by atoms with Crippen LogP contribution in [0.3, 0.4) is 0 Å². The Kier molecular flexibility index (Phi) is 4.45. The monoisotopic (exact) mass is 341 g/mol. The van der Waals surface area contributed by atoms with Crippen molar-refractivity contribution < 1.29 is 19.4 Å². The first-order valence-corrected chi connectivity index (χ1v) is 8.11. The fraction of sp³-hybridized carbons (Fsp3) is 0.444. The maximum Gasteiger partial charge on any atom is 0.333 e. The minimum Gasteiger partial charge on any atom is -0.490 e. The molecule has 7 heteroatoms. The summed E-state index contributed by atoms with van der Waals surface area (Å²) in [5.74, 6) is 1.71. The van der Waals surface area contributed by atoms with Gasteiger partial charge in [0.05, 0.1) is 0 Å². The largest absolute Gasteiger partial charge is 0.490 e. The normalized spacial score (nSPS) is 22.2. The highest BCUT2D eigenvalue weighted by Gasteiger charge is 2.45. The Hall–Kier alpha value is -2.88. The first-order valence-electron chi connectivity index (χ1n) is 8.11. The van der Waals surface area contributed by atoms with Crippen molar-refractivity contribution in [3.05, 3.63) is 29.8 Å². The first-order chi connectivity index (χ1) is 12.0. The summed E-state index contributed by atoms with van der Waals surface area (Å²) in [4.78, 5) is 24.2. The highest BCUT2D eigenvalue weighted by molar-refractivity contribution is 5.88. The Bertz CT molecular complexity index is 762. The molecule has 0 saturated heterocycles. The molecule has 1 amide bonds. The minimum absolute atomic E-state index is 0.109. The van der Waals surface area contributed by atoms with E-state index in [1.807, 2.05) is 12.1 Å². The summed E-state index contributed by atoms with van der Waals surface area (Å²) in [6.45, 7) is -0.109. The van der Waals surface area contributed by atoms with Crippen LogP contribution in [0.5, 0.6) is 5.75 Å². The molecule has 0 bridgehead atoms. The molecule has 2 N–H and O–H groups in total. The van der Waals surface area contributed by atoms with Crippen LogP contribution in [0.25, 0.3) is 0 Å². The number of para-hydroxylation sites is 1. The molecule has 0 aliphatic carbocycles. The van der Waals surface area contributed by atoms with Crippen LogP contribution in [0.1, 0.15) is 31.2 Å². The maximum absolute atomic E-state index is 12.3. The lowest BCUT2D eigenvalue weighted by molar-refractivity contribution is -0.149. The second-order valence-electron chi connectivity index (χ2n) is 6.40. The van der Waals surface area contributed by atoms with Gasteiger partial charge in [-0.25, -0.2) is 4.79 Å². The van der Waals surface area contributed by atoms with E-state index in [-0.39, 0.29) is 25.4 Å². The van der Waals surface area contributed by atoms with E-state index in [1.54, 1.807) is 12.1 Å². The number of carboxylic acid groups (broad SMARTS) is 1. The predicted octanol–water partition coefficient (Wildman–Crippen LogP) is 1.92. The van der Waals surface area contributed by atoms with Gasteiger partial charge in [0.25, 0.3) is 0 Å². The summed E-state index contributed by atoms with van der Waals surface area (Å²) < 4.78 is 5.56. The van der Waals surface area contributed by atoms with Crippen molar-refractivity contribution in [2.45, 2.75) is 43.3 Å². The SMILES string of the molecule is C#CCCC1(CCC(=O)NC2(C(=O)O)COc3ccccc3C2)N=N1. The Morgan fingerprint density at radius 1 is 1.32 bits per heavy atom. The molecule has 1 aromatic rings. The van der Waals surface area contributed by atoms with E-state index >= 15 is 0 Å². The van der Waals surface area contributed by atoms with Crippen LogP contribution in [-0.2, 0) is 16.0 Å². The van der Waals surface area contributed by atoms with Crippen molar-refractivity contribution >= 4 is 11.9 Å². The van der Waals surface area contributed by atoms with Gasteiger partial charge in [-0.15, -0.1) is 12.3 Å². The van der Waals surface area contributed by atoms with E-state index in [0.29, 0.717) is 25.0 Å². The lowest BCUT2D eigenvalue weighted by Gasteiger charge is -2.35. The molecule has 25 heavy (non-hydrogen) atoms. The zero-order valence-electron chi connectivity index (χ0n) is 13.7. The van der Waals surface area contributed by atoms with Crippen LogP contribution in [0, 0.1) is 12.3 Å². The number of rotatable bonds is 7. The van der Waals surface area contributed by atoms with Gasteiger partial charge in [0.1, 0.15) is 12.4 Å². The third kappa shape index (κ3) is 3.63. The molecule has 1 atom stereocenters. The molecule has 2 aliphatic rings. The summed E-state index contributed by atoms with van der Waals surface area (Å²) in [6.07, 6.45) is 7.13. The van der Waals surface area contributed by atoms with Crippen LogP contribution in [-0.4, -0.2) is 34.8 Å². The summed E-state index contributed by atoms with van der Waals surface area (Å²) in [6, 6.07) is 7.22. The van der Waals surface area contributed by atoms with Crippen molar-refractivity contribution in [3.63, 3.8) is 0 Å². The van der Waals surface area contributed by atoms with Crippen LogP contribution >= 0.6 is 0 Å². The number of ether oxygens (including phenoxy) is 1. The second kappa shape index (κ2) is 6.55. The van der Waals surface area contributed by atoms with Gasteiger partial charge in [0.15, 0.2) is 11.2 Å². The molecular formula is C18H19N3O4. The second-order valence-corrected chi connectivity index (χ2v) is 6.40. The van der Waals surface area contributed by atoms with E-state index in [4.69, 9.17) is 11.2 Å². The zero-order valence-corrected chi connectivity index (χ0v) is 13.7. The quantitative estimate of drug-likeness (QED) is 0.740. The standard InChI is InChI=1S/C18H19N3O4/c1-2-3-9-18(20-21-18)10-8-15(22)19-17(16(23)24)11-13-6-4-5-7-14(13)25-12-17/h1,4-7H,3,8-12H2,(H,19,22)(H,23,24). The van der Waals surface area contributed by atoms with Crippen LogP contribution in [0.15, 0.2) is 34.5 Å². The molecular weight excluding hydrogens is 322 g/mol. The molecule has 1 aromatic carbocycles. The number of aliphatic carboxylic acids is 1. The average Bonchev–Trinajstić information content (AvgIpc) is 3.38. The Labute approximate surface area is 145 Å². The fourth-order valence-corrected chi connectivity index (χ4v) is 2.95. The minimum atomic E-state index is -1.46. The molecule has 0 aromatic heterocycles. The first kappa shape index (κ1) is 17.0. The van der Waals surface area contributed by atoms with Gasteiger partial charge in [-0.3, -0.25) is 4.79 Å². The topological polar surface area (TPSA) is 100 Å². The third-order valence-corrected chi connectivity index (χ3v) is 4.53. The number of amides is 1. The summed E-state index contributed by atoms with van der Waals surface area (Å²) in [5, 5.41) is 20.3. The number of nitrogens with one attached hydrogen (secondary N) is 1. The number of terminal acetylenes is 1. The number of hydrogen-bond acceptors (Lipinski definition) is 5. The number of hydrogen-bond donors (Lipinski definition) is 2. The van der Waals surface area contributed by atoms with Crippen LogP contribution < -0.4 is 10.1 Å². The molecule has 0 saturated carbocycles. The Balaban J connectivity index is 1.62. The van der Waals surface area contributed by atoms with Crippen LogP contribution in [0.4, 0.5) is 0 Å². The lowest BCUT2D eigenvalue weighted by atomic mass is 9.88. The number of carboxylic acids is 1. The third-order valence-electron chi connectivity index (χ3n) is 4.53. The number of fused-ring (bicyclic) bond motifs is 1. The van der Waals surface area contributed by atoms with E-state index in [1.165, 1.54) is 0 Å². The van der Waals surface area contributed by atoms with Crippen molar-refractivity contribution in [3.8, 4) is 18.1 Å². The van der Waals surface area contributed by atoms with Gasteiger partial charge >= 0.3 is 5.97 Å². The lowest BCUT2D eigenvalue weighted by Crippen LogP contribution is -2.61. The van der Waals surface area contributed by atoms with Gasteiger partial charge in [-0.2, -0.15) is 10.2 Å². The van der Waals surface area contributed by atoms with Crippen molar-refractivity contribution in [2.24, 2.45) is 10.2 Å². The molecule has 0 fully saturated rings. The highest BCUT2D eigenvalue weighted by atomic mass is 16.5. The molecule has 2 heterocycles. The molecule has 0 spiro atoms. The van der Waals surface area contributed by atoms with E-state index in [9.17, 15) is 14.7 Å². The Morgan fingerprint density at radius 3 is 2.76 bits per heavy atom. The van der Waals surface area contributed by atoms with E-state index in [2.05, 4.69) is 21.5 Å². The summed E-state index contributed by atoms with van der Waals surface area (Å²) in [7, 11) is 0. The number of carbonyl (C=O) groups is 2. The zero-order chi connectivity index (χ0) is 17.9. The molecule has 2 aliphatic heterocycles. The van der Waals surface area contributed by atoms with Gasteiger partial charge in [-0.05, 0) is 11.6 Å². The van der Waals surface area contributed by atoms with Gasteiger partial charge < -0.3 is 15.2 Å². The average molecular weight is 341 g/mol. The highest BCUT2D eigenvalue weighted by Crippen LogP contribution is 2.37. The predicted molar refractivity (Wildman–Crippen MR) is 89.0 cm³/mol. The van der Waals surface area contributed by atoms with Gasteiger partial charge in [0, 0.05) is 32.1 Å².